The molecular weight excluding hydrogens is 430 g/mol. The molecule has 1 heterocycles. The van der Waals surface area contributed by atoms with Crippen LogP contribution in [0.3, 0.4) is 0 Å². The lowest BCUT2D eigenvalue weighted by atomic mass is 10.1. The fourth-order valence-corrected chi connectivity index (χ4v) is 4.62. The molecule has 0 fully saturated rings. The van der Waals surface area contributed by atoms with Gasteiger partial charge in [0.1, 0.15) is 5.76 Å². The van der Waals surface area contributed by atoms with Crippen molar-refractivity contribution in [3.05, 3.63) is 71.6 Å². The van der Waals surface area contributed by atoms with Crippen molar-refractivity contribution in [2.45, 2.75) is 51.7 Å². The summed E-state index contributed by atoms with van der Waals surface area (Å²) in [6, 6.07) is 18.6. The molecule has 0 unspecified atom stereocenters. The third kappa shape index (κ3) is 7.97. The van der Waals surface area contributed by atoms with E-state index in [1.165, 1.54) is 5.56 Å². The highest BCUT2D eigenvalue weighted by atomic mass is 32.2. The van der Waals surface area contributed by atoms with Gasteiger partial charge in [-0.3, -0.25) is 4.79 Å². The summed E-state index contributed by atoms with van der Waals surface area (Å²) in [6.07, 6.45) is 0.163. The molecule has 3 rings (SSSR count). The summed E-state index contributed by atoms with van der Waals surface area (Å²) in [4.78, 5) is 16.4. The molecule has 0 saturated carbocycles. The lowest BCUT2D eigenvalue weighted by Crippen LogP contribution is -2.32. The molecule has 0 bridgehead atoms. The lowest BCUT2D eigenvalue weighted by Gasteiger charge is -2.30. The predicted molar refractivity (Wildman–Crippen MR) is 138 cm³/mol. The van der Waals surface area contributed by atoms with Crippen molar-refractivity contribution in [1.82, 2.24) is 5.16 Å². The van der Waals surface area contributed by atoms with Gasteiger partial charge in [-0.15, -0.1) is 11.8 Å². The number of carbonyl (C=O) groups is 1. The number of hydrogen-bond donors (Lipinski definition) is 1. The number of hydrogen-bond acceptors (Lipinski definition) is 5. The average Bonchev–Trinajstić information content (AvgIpc) is 3.16. The van der Waals surface area contributed by atoms with Crippen molar-refractivity contribution >= 4 is 29.0 Å². The maximum Gasteiger partial charge on any atom is 0.232 e. The van der Waals surface area contributed by atoms with Crippen molar-refractivity contribution in [2.75, 3.05) is 23.3 Å². The van der Waals surface area contributed by atoms with E-state index in [1.807, 2.05) is 13.0 Å². The predicted octanol–water partition coefficient (Wildman–Crippen LogP) is 6.57. The van der Waals surface area contributed by atoms with E-state index < -0.39 is 0 Å². The molecule has 0 radical (unpaired) electrons. The SMILES string of the molecule is Cc1cc(CC(=O)Nc2cc(SCc3ccccc3)ccc2N(CC(C)C)CC(C)C)on1. The number of amides is 1. The molecule has 1 N–H and O–H groups in total. The zero-order valence-electron chi connectivity index (χ0n) is 20.3. The van der Waals surface area contributed by atoms with Crippen LogP contribution in [0.15, 0.2) is 64.0 Å². The quantitative estimate of drug-likeness (QED) is 0.324. The Hall–Kier alpha value is -2.73. The molecule has 0 aliphatic carbocycles. The van der Waals surface area contributed by atoms with E-state index in [4.69, 9.17) is 4.52 Å². The summed E-state index contributed by atoms with van der Waals surface area (Å²) in [7, 11) is 0. The van der Waals surface area contributed by atoms with Crippen LogP contribution in [-0.2, 0) is 17.0 Å². The number of nitrogens with one attached hydrogen (secondary N) is 1. The number of anilines is 2. The molecule has 6 heteroatoms. The first-order chi connectivity index (χ1) is 15.8. The minimum atomic E-state index is -0.105. The first-order valence-electron chi connectivity index (χ1n) is 11.6. The maximum atomic E-state index is 12.9. The summed E-state index contributed by atoms with van der Waals surface area (Å²) in [5.41, 5.74) is 3.95. The number of carbonyl (C=O) groups excluding carboxylic acids is 1. The molecule has 176 valence electrons. The van der Waals surface area contributed by atoms with Crippen LogP contribution in [0, 0.1) is 18.8 Å². The topological polar surface area (TPSA) is 58.4 Å². The summed E-state index contributed by atoms with van der Waals surface area (Å²) in [5, 5.41) is 7.04. The van der Waals surface area contributed by atoms with E-state index in [2.05, 4.69) is 85.5 Å². The molecule has 0 spiro atoms. The Morgan fingerprint density at radius 2 is 1.73 bits per heavy atom. The van der Waals surface area contributed by atoms with Gasteiger partial charge in [0.15, 0.2) is 0 Å². The molecule has 0 saturated heterocycles. The van der Waals surface area contributed by atoms with Gasteiger partial charge >= 0.3 is 0 Å². The van der Waals surface area contributed by atoms with Gasteiger partial charge in [0.2, 0.25) is 5.91 Å². The number of rotatable bonds is 11. The van der Waals surface area contributed by atoms with Gasteiger partial charge in [0.05, 0.1) is 23.5 Å². The van der Waals surface area contributed by atoms with Crippen molar-refractivity contribution in [3.63, 3.8) is 0 Å². The molecular formula is C27H35N3O2S. The van der Waals surface area contributed by atoms with E-state index in [1.54, 1.807) is 17.8 Å². The average molecular weight is 466 g/mol. The molecule has 1 amide bonds. The summed E-state index contributed by atoms with van der Waals surface area (Å²) < 4.78 is 5.24. The number of nitrogens with zero attached hydrogens (tertiary/aromatic N) is 2. The zero-order valence-corrected chi connectivity index (χ0v) is 21.1. The molecule has 2 aromatic carbocycles. The summed E-state index contributed by atoms with van der Waals surface area (Å²) in [5.74, 6) is 2.37. The molecule has 1 aromatic heterocycles. The van der Waals surface area contributed by atoms with Crippen molar-refractivity contribution < 1.29 is 9.32 Å². The number of thioether (sulfide) groups is 1. The van der Waals surface area contributed by atoms with Gasteiger partial charge in [0.25, 0.3) is 0 Å². The zero-order chi connectivity index (χ0) is 23.8. The van der Waals surface area contributed by atoms with Gasteiger partial charge in [-0.05, 0) is 42.5 Å². The highest BCUT2D eigenvalue weighted by Gasteiger charge is 2.18. The Kier molecular flexibility index (Phi) is 9.01. The van der Waals surface area contributed by atoms with Crippen LogP contribution in [0.4, 0.5) is 11.4 Å². The third-order valence-electron chi connectivity index (χ3n) is 5.01. The first-order valence-corrected chi connectivity index (χ1v) is 12.6. The van der Waals surface area contributed by atoms with Crippen molar-refractivity contribution in [2.24, 2.45) is 11.8 Å². The summed E-state index contributed by atoms with van der Waals surface area (Å²) >= 11 is 1.77. The minimum Gasteiger partial charge on any atom is -0.369 e. The fourth-order valence-electron chi connectivity index (χ4n) is 3.73. The van der Waals surface area contributed by atoms with Gasteiger partial charge < -0.3 is 14.7 Å². The van der Waals surface area contributed by atoms with E-state index in [0.717, 1.165) is 40.8 Å². The van der Waals surface area contributed by atoms with Crippen LogP contribution in [0.5, 0.6) is 0 Å². The molecule has 0 aliphatic rings. The largest absolute Gasteiger partial charge is 0.369 e. The molecule has 33 heavy (non-hydrogen) atoms. The van der Waals surface area contributed by atoms with Crippen molar-refractivity contribution in [1.29, 1.82) is 0 Å². The van der Waals surface area contributed by atoms with Crippen molar-refractivity contribution in [3.8, 4) is 0 Å². The van der Waals surface area contributed by atoms with E-state index in [0.29, 0.717) is 17.6 Å². The Bertz CT molecular complexity index is 1020. The molecule has 3 aromatic rings. The number of aromatic nitrogens is 1. The fraction of sp³-hybridized carbons (Fsp3) is 0.407. The first kappa shape index (κ1) is 24.9. The van der Waals surface area contributed by atoms with Crippen LogP contribution in [0.2, 0.25) is 0 Å². The highest BCUT2D eigenvalue weighted by molar-refractivity contribution is 7.98. The number of benzene rings is 2. The Labute approximate surface area is 201 Å². The second kappa shape index (κ2) is 11.9. The van der Waals surface area contributed by atoms with Crippen LogP contribution in [0.1, 0.15) is 44.7 Å². The van der Waals surface area contributed by atoms with Crippen LogP contribution >= 0.6 is 11.8 Å². The molecule has 0 atom stereocenters. The monoisotopic (exact) mass is 465 g/mol. The van der Waals surface area contributed by atoms with Crippen LogP contribution in [0.25, 0.3) is 0 Å². The Morgan fingerprint density at radius 3 is 2.33 bits per heavy atom. The minimum absolute atomic E-state index is 0.105. The maximum absolute atomic E-state index is 12.9. The second-order valence-electron chi connectivity index (χ2n) is 9.31. The van der Waals surface area contributed by atoms with Gasteiger partial charge in [-0.2, -0.15) is 0 Å². The molecule has 5 nitrogen and oxygen atoms in total. The van der Waals surface area contributed by atoms with Crippen LogP contribution < -0.4 is 10.2 Å². The van der Waals surface area contributed by atoms with Gasteiger partial charge in [-0.25, -0.2) is 0 Å². The Morgan fingerprint density at radius 1 is 1.03 bits per heavy atom. The van der Waals surface area contributed by atoms with Crippen LogP contribution in [-0.4, -0.2) is 24.2 Å². The summed E-state index contributed by atoms with van der Waals surface area (Å²) in [6.45, 7) is 12.6. The standard InChI is InChI=1S/C27H35N3O2S/c1-19(2)16-30(17-20(3)4)26-12-11-24(33-18-22-9-7-6-8-10-22)15-25(26)28-27(31)14-23-13-21(5)29-32-23/h6-13,15,19-20H,14,16-18H2,1-5H3,(H,28,31). The second-order valence-corrected chi connectivity index (χ2v) is 10.4. The lowest BCUT2D eigenvalue weighted by molar-refractivity contribution is -0.115. The van der Waals surface area contributed by atoms with E-state index in [9.17, 15) is 4.79 Å². The van der Waals surface area contributed by atoms with Gasteiger partial charge in [-0.1, -0.05) is 63.2 Å². The molecule has 0 aliphatic heterocycles. The normalized spacial score (nSPS) is 11.2. The highest BCUT2D eigenvalue weighted by Crippen LogP contribution is 2.33. The Balaban J connectivity index is 1.85. The van der Waals surface area contributed by atoms with Gasteiger partial charge in [0, 0.05) is 29.8 Å². The third-order valence-corrected chi connectivity index (χ3v) is 6.08. The number of aryl methyl sites for hydroxylation is 1. The van der Waals surface area contributed by atoms with E-state index in [-0.39, 0.29) is 12.3 Å². The smallest absolute Gasteiger partial charge is 0.232 e. The van der Waals surface area contributed by atoms with E-state index >= 15 is 0 Å².